The SMILES string of the molecule is CC(C)N(CC(=O)N1CCCC(C(N)=O)C1)Cc1ccccc1. The van der Waals surface area contributed by atoms with E-state index >= 15 is 0 Å². The average molecular weight is 317 g/mol. The Kier molecular flexibility index (Phi) is 6.16. The number of hydrogen-bond acceptors (Lipinski definition) is 3. The maximum absolute atomic E-state index is 12.6. The molecule has 0 aliphatic carbocycles. The Morgan fingerprint density at radius 3 is 2.61 bits per heavy atom. The molecule has 1 aliphatic rings. The zero-order valence-corrected chi connectivity index (χ0v) is 14.1. The molecule has 126 valence electrons. The number of primary amides is 1. The number of carbonyl (C=O) groups is 2. The van der Waals surface area contributed by atoms with Gasteiger partial charge in [-0.3, -0.25) is 14.5 Å². The summed E-state index contributed by atoms with van der Waals surface area (Å²) in [4.78, 5) is 27.9. The van der Waals surface area contributed by atoms with E-state index in [9.17, 15) is 9.59 Å². The first kappa shape index (κ1) is 17.5. The van der Waals surface area contributed by atoms with Crippen molar-refractivity contribution in [3.8, 4) is 0 Å². The number of nitrogens with zero attached hydrogens (tertiary/aromatic N) is 2. The standard InChI is InChI=1S/C18H27N3O2/c1-14(2)21(11-15-7-4-3-5-8-15)13-17(22)20-10-6-9-16(12-20)18(19)23/h3-5,7-8,14,16H,6,9-13H2,1-2H3,(H2,19,23). The minimum absolute atomic E-state index is 0.0839. The van der Waals surface area contributed by atoms with Crippen LogP contribution in [0.3, 0.4) is 0 Å². The zero-order chi connectivity index (χ0) is 16.8. The van der Waals surface area contributed by atoms with Gasteiger partial charge in [-0.1, -0.05) is 30.3 Å². The second-order valence-corrected chi connectivity index (χ2v) is 6.57. The molecule has 0 aromatic heterocycles. The van der Waals surface area contributed by atoms with E-state index in [1.54, 1.807) is 4.90 Å². The number of likely N-dealkylation sites (tertiary alicyclic amines) is 1. The van der Waals surface area contributed by atoms with Crippen molar-refractivity contribution in [2.45, 2.75) is 39.3 Å². The molecular weight excluding hydrogens is 290 g/mol. The quantitative estimate of drug-likeness (QED) is 0.867. The first-order valence-corrected chi connectivity index (χ1v) is 8.32. The van der Waals surface area contributed by atoms with Crippen molar-refractivity contribution in [3.05, 3.63) is 35.9 Å². The Bertz CT molecular complexity index is 530. The Labute approximate surface area is 138 Å². The van der Waals surface area contributed by atoms with Crippen LogP contribution in [-0.2, 0) is 16.1 Å². The lowest BCUT2D eigenvalue weighted by atomic mass is 9.97. The molecule has 0 spiro atoms. The molecule has 1 heterocycles. The van der Waals surface area contributed by atoms with Gasteiger partial charge < -0.3 is 10.6 Å². The fourth-order valence-corrected chi connectivity index (χ4v) is 2.95. The lowest BCUT2D eigenvalue weighted by molar-refractivity contribution is -0.136. The molecule has 0 radical (unpaired) electrons. The van der Waals surface area contributed by atoms with Crippen LogP contribution in [0.4, 0.5) is 0 Å². The van der Waals surface area contributed by atoms with Crippen molar-refractivity contribution in [2.75, 3.05) is 19.6 Å². The minimum atomic E-state index is -0.299. The van der Waals surface area contributed by atoms with Gasteiger partial charge in [0.2, 0.25) is 11.8 Å². The summed E-state index contributed by atoms with van der Waals surface area (Å²) < 4.78 is 0. The van der Waals surface area contributed by atoms with Gasteiger partial charge in [0.1, 0.15) is 0 Å². The molecule has 5 nitrogen and oxygen atoms in total. The predicted molar refractivity (Wildman–Crippen MR) is 90.5 cm³/mol. The molecule has 1 unspecified atom stereocenters. The molecule has 2 amide bonds. The summed E-state index contributed by atoms with van der Waals surface area (Å²) in [7, 11) is 0. The summed E-state index contributed by atoms with van der Waals surface area (Å²) in [5.41, 5.74) is 6.59. The third-order valence-electron chi connectivity index (χ3n) is 4.47. The molecule has 1 aromatic carbocycles. The number of hydrogen-bond donors (Lipinski definition) is 1. The summed E-state index contributed by atoms with van der Waals surface area (Å²) in [6, 6.07) is 10.4. The number of amides is 2. The molecule has 23 heavy (non-hydrogen) atoms. The van der Waals surface area contributed by atoms with Crippen LogP contribution in [-0.4, -0.2) is 47.3 Å². The predicted octanol–water partition coefficient (Wildman–Crippen LogP) is 1.62. The molecule has 0 saturated carbocycles. The average Bonchev–Trinajstić information content (AvgIpc) is 2.55. The third kappa shape index (κ3) is 5.06. The topological polar surface area (TPSA) is 66.6 Å². The summed E-state index contributed by atoms with van der Waals surface area (Å²) in [5.74, 6) is -0.414. The highest BCUT2D eigenvalue weighted by molar-refractivity contribution is 5.81. The van der Waals surface area contributed by atoms with Crippen molar-refractivity contribution in [2.24, 2.45) is 11.7 Å². The number of piperidine rings is 1. The van der Waals surface area contributed by atoms with Gasteiger partial charge in [0.05, 0.1) is 12.5 Å². The maximum Gasteiger partial charge on any atom is 0.236 e. The van der Waals surface area contributed by atoms with Crippen molar-refractivity contribution < 1.29 is 9.59 Å². The molecule has 1 aromatic rings. The number of carbonyl (C=O) groups excluding carboxylic acids is 2. The van der Waals surface area contributed by atoms with Crippen LogP contribution in [0.25, 0.3) is 0 Å². The molecule has 1 saturated heterocycles. The first-order chi connectivity index (χ1) is 11.0. The highest BCUT2D eigenvalue weighted by Crippen LogP contribution is 2.17. The number of benzene rings is 1. The third-order valence-corrected chi connectivity index (χ3v) is 4.47. The minimum Gasteiger partial charge on any atom is -0.369 e. The normalized spacial score (nSPS) is 18.4. The Hall–Kier alpha value is -1.88. The van der Waals surface area contributed by atoms with E-state index in [4.69, 9.17) is 5.73 Å². The van der Waals surface area contributed by atoms with Gasteiger partial charge in [0, 0.05) is 25.7 Å². The van der Waals surface area contributed by atoms with Crippen LogP contribution in [0.5, 0.6) is 0 Å². The first-order valence-electron chi connectivity index (χ1n) is 8.32. The van der Waals surface area contributed by atoms with Crippen molar-refractivity contribution in [1.82, 2.24) is 9.80 Å². The van der Waals surface area contributed by atoms with Crippen molar-refractivity contribution in [3.63, 3.8) is 0 Å². The summed E-state index contributed by atoms with van der Waals surface area (Å²) >= 11 is 0. The van der Waals surface area contributed by atoms with Crippen LogP contribution in [0.1, 0.15) is 32.3 Å². The molecule has 1 atom stereocenters. The Morgan fingerprint density at radius 2 is 2.00 bits per heavy atom. The molecule has 2 rings (SSSR count). The highest BCUT2D eigenvalue weighted by atomic mass is 16.2. The molecule has 0 bridgehead atoms. The van der Waals surface area contributed by atoms with E-state index in [1.807, 2.05) is 18.2 Å². The van der Waals surface area contributed by atoms with Crippen LogP contribution in [0.15, 0.2) is 30.3 Å². The van der Waals surface area contributed by atoms with E-state index in [-0.39, 0.29) is 23.8 Å². The molecule has 5 heteroatoms. The fourth-order valence-electron chi connectivity index (χ4n) is 2.95. The van der Waals surface area contributed by atoms with Gasteiger partial charge in [-0.2, -0.15) is 0 Å². The monoisotopic (exact) mass is 317 g/mol. The molecule has 1 fully saturated rings. The summed E-state index contributed by atoms with van der Waals surface area (Å²) in [6.45, 7) is 6.50. The lowest BCUT2D eigenvalue weighted by Gasteiger charge is -2.34. The van der Waals surface area contributed by atoms with Crippen LogP contribution in [0, 0.1) is 5.92 Å². The maximum atomic E-state index is 12.6. The Balaban J connectivity index is 1.96. The van der Waals surface area contributed by atoms with Gasteiger partial charge in [-0.15, -0.1) is 0 Å². The van der Waals surface area contributed by atoms with Gasteiger partial charge in [0.25, 0.3) is 0 Å². The van der Waals surface area contributed by atoms with Crippen molar-refractivity contribution in [1.29, 1.82) is 0 Å². The number of rotatable bonds is 6. The fraction of sp³-hybridized carbons (Fsp3) is 0.556. The summed E-state index contributed by atoms with van der Waals surface area (Å²) in [5, 5.41) is 0. The van der Waals surface area contributed by atoms with Crippen LogP contribution >= 0.6 is 0 Å². The molecule has 1 aliphatic heterocycles. The summed E-state index contributed by atoms with van der Waals surface area (Å²) in [6.07, 6.45) is 1.64. The smallest absolute Gasteiger partial charge is 0.236 e. The molecule has 2 N–H and O–H groups in total. The molecular formula is C18H27N3O2. The van der Waals surface area contributed by atoms with E-state index in [2.05, 4.69) is 30.9 Å². The van der Waals surface area contributed by atoms with Gasteiger partial charge in [-0.05, 0) is 32.3 Å². The van der Waals surface area contributed by atoms with E-state index in [0.29, 0.717) is 13.1 Å². The second kappa shape index (κ2) is 8.11. The Morgan fingerprint density at radius 1 is 1.30 bits per heavy atom. The van der Waals surface area contributed by atoms with E-state index < -0.39 is 0 Å². The number of nitrogens with two attached hydrogens (primary N) is 1. The largest absolute Gasteiger partial charge is 0.369 e. The zero-order valence-electron chi connectivity index (χ0n) is 14.1. The second-order valence-electron chi connectivity index (χ2n) is 6.57. The van der Waals surface area contributed by atoms with Crippen molar-refractivity contribution >= 4 is 11.8 Å². The lowest BCUT2D eigenvalue weighted by Crippen LogP contribution is -2.48. The van der Waals surface area contributed by atoms with Gasteiger partial charge >= 0.3 is 0 Å². The van der Waals surface area contributed by atoms with Gasteiger partial charge in [0.15, 0.2) is 0 Å². The van der Waals surface area contributed by atoms with E-state index in [0.717, 1.165) is 25.9 Å². The highest BCUT2D eigenvalue weighted by Gasteiger charge is 2.28. The van der Waals surface area contributed by atoms with E-state index in [1.165, 1.54) is 5.56 Å². The van der Waals surface area contributed by atoms with Crippen LogP contribution < -0.4 is 5.73 Å². The van der Waals surface area contributed by atoms with Crippen LogP contribution in [0.2, 0.25) is 0 Å². The van der Waals surface area contributed by atoms with Gasteiger partial charge in [-0.25, -0.2) is 0 Å².